The van der Waals surface area contributed by atoms with E-state index in [-0.39, 0.29) is 50.7 Å². The Morgan fingerprint density at radius 3 is 1.27 bits per heavy atom. The fourth-order valence-electron chi connectivity index (χ4n) is 1.88. The van der Waals surface area contributed by atoms with E-state index in [4.69, 9.17) is 15.3 Å². The van der Waals surface area contributed by atoms with Gasteiger partial charge in [0.25, 0.3) is 5.09 Å². The van der Waals surface area contributed by atoms with Crippen LogP contribution < -0.4 is 9.47 Å². The smallest absolute Gasteiger partial charge is 0.339 e. The fourth-order valence-corrected chi connectivity index (χ4v) is 1.88. The summed E-state index contributed by atoms with van der Waals surface area (Å²) in [7, 11) is 0. The van der Waals surface area contributed by atoms with Crippen LogP contribution in [0.25, 0.3) is 0 Å². The number of esters is 2. The third kappa shape index (κ3) is 20.6. The molecule has 13 heteroatoms. The van der Waals surface area contributed by atoms with Gasteiger partial charge in [-0.2, -0.15) is 0 Å². The summed E-state index contributed by atoms with van der Waals surface area (Å²) in [6.45, 7) is 6.06. The number of carbonyl (C=O) groups excluding carboxylic acids is 2. The van der Waals surface area contributed by atoms with Crippen molar-refractivity contribution in [2.45, 2.75) is 42.5 Å². The Labute approximate surface area is 215 Å². The SMILES string of the molecule is C.C.CC(=O)Oc1ccccc1C(=O)O.CC(=O)Oc1ccccc1C(=O)O.CCO.CCO[N+](=O)[O-]. The van der Waals surface area contributed by atoms with E-state index in [1.54, 1.807) is 38.1 Å². The number of carboxylic acids is 2. The molecule has 0 aliphatic heterocycles. The molecule has 0 heterocycles. The summed E-state index contributed by atoms with van der Waals surface area (Å²) in [6, 6.07) is 12.0. The maximum Gasteiger partial charge on any atom is 0.339 e. The first kappa shape index (κ1) is 39.7. The summed E-state index contributed by atoms with van der Waals surface area (Å²) < 4.78 is 9.37. The Morgan fingerprint density at radius 2 is 1.08 bits per heavy atom. The van der Waals surface area contributed by atoms with Crippen LogP contribution >= 0.6 is 0 Å². The van der Waals surface area contributed by atoms with Crippen LogP contribution in [-0.4, -0.2) is 57.5 Å². The average Bonchev–Trinajstić information content (AvgIpc) is 2.75. The molecule has 3 N–H and O–H groups in total. The van der Waals surface area contributed by atoms with Gasteiger partial charge in [-0.15, -0.1) is 10.1 Å². The number of nitrogens with zero attached hydrogens (tertiary/aromatic N) is 1. The normalized spacial score (nSPS) is 8.24. The lowest BCUT2D eigenvalue weighted by molar-refractivity contribution is -0.756. The molecule has 0 amide bonds. The Kier molecular flexibility index (Phi) is 24.9. The van der Waals surface area contributed by atoms with E-state index >= 15 is 0 Å². The van der Waals surface area contributed by atoms with Crippen LogP contribution in [0.2, 0.25) is 0 Å². The van der Waals surface area contributed by atoms with Crippen molar-refractivity contribution in [3.05, 3.63) is 69.8 Å². The third-order valence-electron chi connectivity index (χ3n) is 2.98. The second kappa shape index (κ2) is 23.2. The standard InChI is InChI=1S/2C9H8O4.C2H5NO3.C2H6O.2CH4/c2*1-6(10)13-8-5-3-2-4-7(8)9(11)12;1-2-6-3(4)5;1-2-3;;/h2*2-5H,1H3,(H,11,12);2H2,1H3;3H,2H2,1H3;2*1H4. The van der Waals surface area contributed by atoms with E-state index in [1.165, 1.54) is 38.1 Å². The molecule has 0 unspecified atom stereocenters. The predicted octanol–water partition coefficient (Wildman–Crippen LogP) is 4.11. The Balaban J connectivity index is -0.000000215. The van der Waals surface area contributed by atoms with Gasteiger partial charge in [0.05, 0.1) is 6.61 Å². The lowest BCUT2D eigenvalue weighted by atomic mass is 10.2. The molecule has 0 atom stereocenters. The summed E-state index contributed by atoms with van der Waals surface area (Å²) in [5.41, 5.74) is -0.0320. The van der Waals surface area contributed by atoms with Crippen molar-refractivity contribution >= 4 is 23.9 Å². The van der Waals surface area contributed by atoms with E-state index in [2.05, 4.69) is 14.3 Å². The number of hydrogen-bond acceptors (Lipinski definition) is 10. The van der Waals surface area contributed by atoms with Gasteiger partial charge in [-0.1, -0.05) is 39.1 Å². The van der Waals surface area contributed by atoms with Crippen LogP contribution in [0.5, 0.6) is 11.5 Å². The monoisotopic (exact) mass is 529 g/mol. The molecule has 2 aromatic carbocycles. The molecule has 13 nitrogen and oxygen atoms in total. The van der Waals surface area contributed by atoms with Crippen LogP contribution in [0.3, 0.4) is 0 Å². The highest BCUT2D eigenvalue weighted by Gasteiger charge is 2.11. The van der Waals surface area contributed by atoms with E-state index in [1.807, 2.05) is 0 Å². The highest BCUT2D eigenvalue weighted by molar-refractivity contribution is 5.92. The maximum absolute atomic E-state index is 10.6. The number of aromatic carboxylic acids is 2. The second-order valence-electron chi connectivity index (χ2n) is 5.75. The van der Waals surface area contributed by atoms with E-state index in [0.717, 1.165) is 0 Å². The number of aliphatic hydroxyl groups is 1. The minimum Gasteiger partial charge on any atom is -0.478 e. The molecule has 2 aromatic rings. The number of hydrogen-bond donors (Lipinski definition) is 3. The van der Waals surface area contributed by atoms with Crippen molar-refractivity contribution in [2.24, 2.45) is 0 Å². The molecule has 0 fully saturated rings. The van der Waals surface area contributed by atoms with Gasteiger partial charge in [0.15, 0.2) is 0 Å². The largest absolute Gasteiger partial charge is 0.478 e. The molecular weight excluding hydrogens is 494 g/mol. The molecule has 0 spiro atoms. The fraction of sp³-hybridized carbons (Fsp3) is 0.333. The van der Waals surface area contributed by atoms with Gasteiger partial charge in [-0.25, -0.2) is 9.59 Å². The summed E-state index contributed by atoms with van der Waals surface area (Å²) in [6.07, 6.45) is 0. The molecular formula is C24H35NO12. The Bertz CT molecular complexity index is 906. The predicted molar refractivity (Wildman–Crippen MR) is 134 cm³/mol. The van der Waals surface area contributed by atoms with Gasteiger partial charge in [-0.05, 0) is 38.1 Å². The Morgan fingerprint density at radius 1 is 0.784 bits per heavy atom. The first-order valence-electron chi connectivity index (χ1n) is 9.80. The first-order chi connectivity index (χ1) is 16.4. The molecule has 0 bridgehead atoms. The van der Waals surface area contributed by atoms with Gasteiger partial charge in [-0.3, -0.25) is 9.59 Å². The lowest BCUT2D eigenvalue weighted by Gasteiger charge is -2.03. The van der Waals surface area contributed by atoms with Crippen molar-refractivity contribution in [1.29, 1.82) is 0 Å². The minimum absolute atomic E-state index is 0. The van der Waals surface area contributed by atoms with Crippen molar-refractivity contribution in [3.63, 3.8) is 0 Å². The molecule has 0 aromatic heterocycles. The summed E-state index contributed by atoms with van der Waals surface area (Å²) in [5.74, 6) is -3.15. The number of ether oxygens (including phenoxy) is 2. The molecule has 0 aliphatic rings. The van der Waals surface area contributed by atoms with Crippen molar-refractivity contribution < 1.29 is 53.9 Å². The summed E-state index contributed by atoms with van der Waals surface area (Å²) >= 11 is 0. The first-order valence-corrected chi connectivity index (χ1v) is 9.80. The molecule has 0 radical (unpaired) electrons. The molecule has 37 heavy (non-hydrogen) atoms. The minimum atomic E-state index is -1.11. The third-order valence-corrected chi connectivity index (χ3v) is 2.98. The zero-order valence-corrected chi connectivity index (χ0v) is 19.5. The van der Waals surface area contributed by atoms with Gasteiger partial charge < -0.3 is 29.6 Å². The van der Waals surface area contributed by atoms with Crippen molar-refractivity contribution in [1.82, 2.24) is 0 Å². The topological polar surface area (TPSA) is 200 Å². The number of rotatable bonds is 6. The zero-order valence-electron chi connectivity index (χ0n) is 19.5. The molecule has 0 saturated heterocycles. The second-order valence-corrected chi connectivity index (χ2v) is 5.75. The molecule has 2 rings (SSSR count). The van der Waals surface area contributed by atoms with Crippen molar-refractivity contribution in [3.8, 4) is 11.5 Å². The van der Waals surface area contributed by atoms with Crippen LogP contribution in [0, 0.1) is 10.1 Å². The van der Waals surface area contributed by atoms with Gasteiger partial charge in [0.1, 0.15) is 22.6 Å². The average molecular weight is 530 g/mol. The lowest BCUT2D eigenvalue weighted by Crippen LogP contribution is -2.06. The van der Waals surface area contributed by atoms with Crippen LogP contribution in [0.15, 0.2) is 48.5 Å². The highest BCUT2D eigenvalue weighted by Crippen LogP contribution is 2.18. The number of para-hydroxylation sites is 2. The number of carbonyl (C=O) groups is 4. The van der Waals surface area contributed by atoms with Gasteiger partial charge in [0.2, 0.25) is 0 Å². The maximum atomic E-state index is 10.6. The van der Waals surface area contributed by atoms with E-state index in [9.17, 15) is 29.3 Å². The zero-order chi connectivity index (χ0) is 27.4. The number of carboxylic acid groups (broad SMARTS) is 2. The van der Waals surface area contributed by atoms with Crippen LogP contribution in [0.4, 0.5) is 0 Å². The van der Waals surface area contributed by atoms with Gasteiger partial charge >= 0.3 is 23.9 Å². The summed E-state index contributed by atoms with van der Waals surface area (Å²) in [4.78, 5) is 55.3. The summed E-state index contributed by atoms with van der Waals surface area (Å²) in [5, 5.41) is 33.3. The van der Waals surface area contributed by atoms with Crippen LogP contribution in [-0.2, 0) is 14.4 Å². The van der Waals surface area contributed by atoms with E-state index in [0.29, 0.717) is 0 Å². The van der Waals surface area contributed by atoms with Crippen molar-refractivity contribution in [2.75, 3.05) is 13.2 Å². The quantitative estimate of drug-likeness (QED) is 0.210. The van der Waals surface area contributed by atoms with Gasteiger partial charge in [0, 0.05) is 20.5 Å². The molecule has 0 saturated carbocycles. The Hall–Kier alpha value is -4.52. The number of benzene rings is 2. The van der Waals surface area contributed by atoms with E-state index < -0.39 is 29.0 Å². The molecule has 208 valence electrons. The number of aliphatic hydroxyl groups excluding tert-OH is 1. The molecule has 0 aliphatic carbocycles. The van der Waals surface area contributed by atoms with Crippen LogP contribution in [0.1, 0.15) is 63.3 Å². The highest BCUT2D eigenvalue weighted by atomic mass is 16.9.